The van der Waals surface area contributed by atoms with Gasteiger partial charge in [-0.25, -0.2) is 0 Å². The number of halogens is 1. The third-order valence-corrected chi connectivity index (χ3v) is 3.49. The van der Waals surface area contributed by atoms with Crippen LogP contribution in [0.5, 0.6) is 0 Å². The molecule has 0 aliphatic carbocycles. The number of hydrogen-bond donors (Lipinski definition) is 1. The zero-order chi connectivity index (χ0) is 13.4. The maximum Gasteiger partial charge on any atom is 0.0452 e. The van der Waals surface area contributed by atoms with Crippen molar-refractivity contribution in [2.75, 3.05) is 18.8 Å². The number of nitrogens with zero attached hydrogens (tertiary/aromatic N) is 1. The van der Waals surface area contributed by atoms with Gasteiger partial charge in [-0.15, -0.1) is 0 Å². The molecular weight excluding hydrogens is 244 g/mol. The van der Waals surface area contributed by atoms with Crippen LogP contribution in [-0.4, -0.2) is 18.0 Å². The third kappa shape index (κ3) is 5.28. The molecule has 102 valence electrons. The van der Waals surface area contributed by atoms with Crippen molar-refractivity contribution in [1.82, 2.24) is 4.90 Å². The molecule has 0 fully saturated rings. The molecule has 0 aromatic heterocycles. The number of anilines is 1. The Balaban J connectivity index is 2.65. The van der Waals surface area contributed by atoms with E-state index in [0.29, 0.717) is 0 Å². The molecule has 0 aliphatic rings. The van der Waals surface area contributed by atoms with Gasteiger partial charge in [0, 0.05) is 17.3 Å². The van der Waals surface area contributed by atoms with Crippen LogP contribution in [0, 0.1) is 0 Å². The molecule has 0 radical (unpaired) electrons. The average molecular weight is 269 g/mol. The predicted molar refractivity (Wildman–Crippen MR) is 81.0 cm³/mol. The molecule has 1 rings (SSSR count). The summed E-state index contributed by atoms with van der Waals surface area (Å²) in [4.78, 5) is 2.48. The van der Waals surface area contributed by atoms with E-state index in [0.717, 1.165) is 35.9 Å². The monoisotopic (exact) mass is 268 g/mol. The lowest BCUT2D eigenvalue weighted by atomic mass is 10.1. The minimum Gasteiger partial charge on any atom is -0.399 e. The van der Waals surface area contributed by atoms with Crippen molar-refractivity contribution in [2.24, 2.45) is 0 Å². The Morgan fingerprint density at radius 2 is 1.72 bits per heavy atom. The van der Waals surface area contributed by atoms with Crippen LogP contribution in [0.25, 0.3) is 0 Å². The molecule has 1 aromatic carbocycles. The first-order valence-corrected chi connectivity index (χ1v) is 7.31. The van der Waals surface area contributed by atoms with Gasteiger partial charge in [0.15, 0.2) is 0 Å². The molecule has 0 saturated heterocycles. The van der Waals surface area contributed by atoms with Gasteiger partial charge in [-0.1, -0.05) is 38.3 Å². The molecule has 2 N–H and O–H groups in total. The summed E-state index contributed by atoms with van der Waals surface area (Å²) in [5.74, 6) is 0. The maximum absolute atomic E-state index is 6.23. The van der Waals surface area contributed by atoms with E-state index in [9.17, 15) is 0 Å². The molecule has 0 saturated carbocycles. The average Bonchev–Trinajstić information content (AvgIpc) is 2.37. The van der Waals surface area contributed by atoms with Crippen LogP contribution in [-0.2, 0) is 6.54 Å². The van der Waals surface area contributed by atoms with Crippen molar-refractivity contribution in [2.45, 2.75) is 46.1 Å². The van der Waals surface area contributed by atoms with Gasteiger partial charge in [0.25, 0.3) is 0 Å². The summed E-state index contributed by atoms with van der Waals surface area (Å²) in [7, 11) is 0. The summed E-state index contributed by atoms with van der Waals surface area (Å²) >= 11 is 6.23. The third-order valence-electron chi connectivity index (χ3n) is 3.12. The van der Waals surface area contributed by atoms with E-state index in [1.165, 1.54) is 25.7 Å². The second-order valence-electron chi connectivity index (χ2n) is 4.83. The molecule has 18 heavy (non-hydrogen) atoms. The molecule has 0 atom stereocenters. The number of unbranched alkanes of at least 4 members (excludes halogenated alkanes) is 2. The van der Waals surface area contributed by atoms with E-state index < -0.39 is 0 Å². The fourth-order valence-electron chi connectivity index (χ4n) is 1.99. The van der Waals surface area contributed by atoms with Crippen LogP contribution in [0.2, 0.25) is 5.02 Å². The Bertz CT molecular complexity index is 344. The molecular formula is C15H25ClN2. The molecule has 1 aromatic rings. The smallest absolute Gasteiger partial charge is 0.0452 e. The standard InChI is InChI=1S/C15H25ClN2/c1-3-5-9-18(10-6-4-2)12-13-11-14(17)7-8-15(13)16/h7-8,11H,3-6,9-10,12,17H2,1-2H3. The quantitative estimate of drug-likeness (QED) is 0.712. The molecule has 0 spiro atoms. The van der Waals surface area contributed by atoms with Crippen molar-refractivity contribution >= 4 is 17.3 Å². The van der Waals surface area contributed by atoms with Gasteiger partial charge >= 0.3 is 0 Å². The molecule has 0 bridgehead atoms. The van der Waals surface area contributed by atoms with Gasteiger partial charge < -0.3 is 5.73 Å². The summed E-state index contributed by atoms with van der Waals surface area (Å²) in [6.45, 7) is 7.64. The van der Waals surface area contributed by atoms with E-state index in [4.69, 9.17) is 17.3 Å². The zero-order valence-electron chi connectivity index (χ0n) is 11.6. The van der Waals surface area contributed by atoms with E-state index in [1.807, 2.05) is 18.2 Å². The molecule has 0 unspecified atom stereocenters. The number of rotatable bonds is 8. The van der Waals surface area contributed by atoms with Crippen LogP contribution >= 0.6 is 11.6 Å². The minimum atomic E-state index is 0.792. The highest BCUT2D eigenvalue weighted by Gasteiger charge is 2.08. The Morgan fingerprint density at radius 1 is 1.11 bits per heavy atom. The van der Waals surface area contributed by atoms with Crippen molar-refractivity contribution in [1.29, 1.82) is 0 Å². The second kappa shape index (κ2) is 8.39. The molecule has 0 aliphatic heterocycles. The van der Waals surface area contributed by atoms with Gasteiger partial charge in [0.1, 0.15) is 0 Å². The zero-order valence-corrected chi connectivity index (χ0v) is 12.3. The van der Waals surface area contributed by atoms with Gasteiger partial charge in [-0.3, -0.25) is 4.90 Å². The van der Waals surface area contributed by atoms with E-state index in [2.05, 4.69) is 18.7 Å². The molecule has 2 nitrogen and oxygen atoms in total. The highest BCUT2D eigenvalue weighted by Crippen LogP contribution is 2.21. The van der Waals surface area contributed by atoms with Crippen LogP contribution in [0.3, 0.4) is 0 Å². The predicted octanol–water partition coefficient (Wildman–Crippen LogP) is 4.32. The van der Waals surface area contributed by atoms with Gasteiger partial charge in [-0.05, 0) is 49.7 Å². The van der Waals surface area contributed by atoms with Crippen molar-refractivity contribution in [3.05, 3.63) is 28.8 Å². The minimum absolute atomic E-state index is 0.792. The van der Waals surface area contributed by atoms with E-state index >= 15 is 0 Å². The topological polar surface area (TPSA) is 29.3 Å². The Kier molecular flexibility index (Phi) is 7.14. The Morgan fingerprint density at radius 3 is 2.28 bits per heavy atom. The summed E-state index contributed by atoms with van der Waals surface area (Å²) in [6, 6.07) is 5.74. The van der Waals surface area contributed by atoms with Crippen LogP contribution in [0.15, 0.2) is 18.2 Å². The normalized spacial score (nSPS) is 11.1. The molecule has 0 amide bonds. The van der Waals surface area contributed by atoms with Crippen LogP contribution < -0.4 is 5.73 Å². The second-order valence-corrected chi connectivity index (χ2v) is 5.24. The first kappa shape index (κ1) is 15.3. The Hall–Kier alpha value is -0.730. The van der Waals surface area contributed by atoms with Gasteiger partial charge in [0.05, 0.1) is 0 Å². The number of nitrogen functional groups attached to an aromatic ring is 1. The van der Waals surface area contributed by atoms with Gasteiger partial charge in [-0.2, -0.15) is 0 Å². The first-order chi connectivity index (χ1) is 8.67. The van der Waals surface area contributed by atoms with Crippen molar-refractivity contribution < 1.29 is 0 Å². The maximum atomic E-state index is 6.23. The summed E-state index contributed by atoms with van der Waals surface area (Å²) in [5, 5.41) is 0.821. The molecule has 0 heterocycles. The van der Waals surface area contributed by atoms with E-state index in [1.54, 1.807) is 0 Å². The largest absolute Gasteiger partial charge is 0.399 e. The first-order valence-electron chi connectivity index (χ1n) is 6.93. The highest BCUT2D eigenvalue weighted by molar-refractivity contribution is 6.31. The number of hydrogen-bond acceptors (Lipinski definition) is 2. The number of nitrogens with two attached hydrogens (primary N) is 1. The van der Waals surface area contributed by atoms with Crippen molar-refractivity contribution in [3.8, 4) is 0 Å². The fourth-order valence-corrected chi connectivity index (χ4v) is 2.17. The summed E-state index contributed by atoms with van der Waals surface area (Å²) < 4.78 is 0. The summed E-state index contributed by atoms with van der Waals surface area (Å²) in [6.07, 6.45) is 4.94. The van der Waals surface area contributed by atoms with E-state index in [-0.39, 0.29) is 0 Å². The fraction of sp³-hybridized carbons (Fsp3) is 0.600. The molecule has 3 heteroatoms. The van der Waals surface area contributed by atoms with Crippen LogP contribution in [0.1, 0.15) is 45.1 Å². The van der Waals surface area contributed by atoms with Gasteiger partial charge in [0.2, 0.25) is 0 Å². The lowest BCUT2D eigenvalue weighted by Gasteiger charge is -2.22. The lowest BCUT2D eigenvalue weighted by Crippen LogP contribution is -2.25. The lowest BCUT2D eigenvalue weighted by molar-refractivity contribution is 0.257. The SMILES string of the molecule is CCCCN(CCCC)Cc1cc(N)ccc1Cl. The Labute approximate surface area is 116 Å². The number of benzene rings is 1. The summed E-state index contributed by atoms with van der Waals surface area (Å²) in [5.41, 5.74) is 7.76. The van der Waals surface area contributed by atoms with Crippen LogP contribution in [0.4, 0.5) is 5.69 Å². The highest BCUT2D eigenvalue weighted by atomic mass is 35.5. The van der Waals surface area contributed by atoms with Crippen molar-refractivity contribution in [3.63, 3.8) is 0 Å².